The van der Waals surface area contributed by atoms with Gasteiger partial charge in [0.1, 0.15) is 5.82 Å². The van der Waals surface area contributed by atoms with Gasteiger partial charge in [0, 0.05) is 34.8 Å². The lowest BCUT2D eigenvalue weighted by atomic mass is 10.6. The van der Waals surface area contributed by atoms with Gasteiger partial charge in [0.2, 0.25) is 5.96 Å². The lowest BCUT2D eigenvalue weighted by Crippen LogP contribution is -2.25. The SMILES string of the molecule is C=C(/N=C(\N=C\C(=O)NC)N(C)C)NCCOC. The summed E-state index contributed by atoms with van der Waals surface area (Å²) in [7, 11) is 6.71. The summed E-state index contributed by atoms with van der Waals surface area (Å²) >= 11 is 0. The van der Waals surface area contributed by atoms with E-state index in [2.05, 4.69) is 27.2 Å². The Bertz CT molecular complexity index is 336. The highest BCUT2D eigenvalue weighted by Gasteiger charge is 2.01. The van der Waals surface area contributed by atoms with Gasteiger partial charge in [0.05, 0.1) is 12.8 Å². The van der Waals surface area contributed by atoms with E-state index in [1.165, 1.54) is 13.3 Å². The zero-order chi connectivity index (χ0) is 14.0. The molecular formula is C11H21N5O2. The molecule has 0 saturated heterocycles. The fraction of sp³-hybridized carbons (Fsp3) is 0.545. The predicted octanol–water partition coefficient (Wildman–Crippen LogP) is -0.572. The van der Waals surface area contributed by atoms with Crippen LogP contribution < -0.4 is 10.6 Å². The molecule has 0 fully saturated rings. The molecule has 1 amide bonds. The number of amides is 1. The zero-order valence-corrected chi connectivity index (χ0v) is 11.4. The summed E-state index contributed by atoms with van der Waals surface area (Å²) in [5, 5.41) is 5.40. The second kappa shape index (κ2) is 9.17. The van der Waals surface area contributed by atoms with Crippen molar-refractivity contribution in [3.05, 3.63) is 12.4 Å². The standard InChI is InChI=1S/C11H21N5O2/c1-9(13-6-7-18-5)15-11(16(3)4)14-8-10(17)12-2/h8,13H,1,6-7H2,2-5H3,(H,12,17)/b14-8+,15-11+. The predicted molar refractivity (Wildman–Crippen MR) is 72.7 cm³/mol. The van der Waals surface area contributed by atoms with Crippen LogP contribution in [0.3, 0.4) is 0 Å². The average Bonchev–Trinajstić information content (AvgIpc) is 2.33. The van der Waals surface area contributed by atoms with Crippen LogP contribution in [0.2, 0.25) is 0 Å². The smallest absolute Gasteiger partial charge is 0.262 e. The number of aliphatic imine (C=N–C) groups is 2. The highest BCUT2D eigenvalue weighted by Crippen LogP contribution is 1.93. The Morgan fingerprint density at radius 1 is 1.50 bits per heavy atom. The number of guanidine groups is 1. The number of carbonyl (C=O) groups excluding carboxylic acids is 1. The molecule has 0 aliphatic carbocycles. The first-order valence-electron chi connectivity index (χ1n) is 5.44. The molecule has 2 N–H and O–H groups in total. The Kier molecular flexibility index (Phi) is 8.21. The molecular weight excluding hydrogens is 234 g/mol. The number of nitrogens with one attached hydrogen (secondary N) is 2. The van der Waals surface area contributed by atoms with E-state index in [-0.39, 0.29) is 5.91 Å². The van der Waals surface area contributed by atoms with E-state index < -0.39 is 0 Å². The normalized spacial score (nSPS) is 11.4. The first-order chi connectivity index (χ1) is 8.51. The van der Waals surface area contributed by atoms with Gasteiger partial charge in [-0.2, -0.15) is 4.99 Å². The van der Waals surface area contributed by atoms with Crippen LogP contribution in [-0.2, 0) is 9.53 Å². The van der Waals surface area contributed by atoms with Crippen molar-refractivity contribution < 1.29 is 9.53 Å². The molecule has 0 aromatic carbocycles. The Balaban J connectivity index is 4.53. The summed E-state index contributed by atoms with van der Waals surface area (Å²) < 4.78 is 4.89. The number of ether oxygens (including phenoxy) is 1. The quantitative estimate of drug-likeness (QED) is 0.378. The molecule has 0 heterocycles. The summed E-state index contributed by atoms with van der Waals surface area (Å²) in [4.78, 5) is 20.9. The van der Waals surface area contributed by atoms with Crippen molar-refractivity contribution >= 4 is 18.1 Å². The molecule has 102 valence electrons. The topological polar surface area (TPSA) is 78.3 Å². The molecule has 0 aliphatic heterocycles. The Morgan fingerprint density at radius 2 is 2.17 bits per heavy atom. The monoisotopic (exact) mass is 255 g/mol. The number of rotatable bonds is 6. The third-order valence-electron chi connectivity index (χ3n) is 1.81. The van der Waals surface area contributed by atoms with Gasteiger partial charge in [0.15, 0.2) is 0 Å². The van der Waals surface area contributed by atoms with Crippen LogP contribution in [-0.4, -0.2) is 64.4 Å². The Labute approximate surface area is 108 Å². The van der Waals surface area contributed by atoms with Crippen molar-refractivity contribution in [1.82, 2.24) is 15.5 Å². The summed E-state index contributed by atoms with van der Waals surface area (Å²) in [6.45, 7) is 4.91. The van der Waals surface area contributed by atoms with Crippen molar-refractivity contribution in [3.8, 4) is 0 Å². The zero-order valence-electron chi connectivity index (χ0n) is 11.4. The van der Waals surface area contributed by atoms with Crippen LogP contribution in [0.1, 0.15) is 0 Å². The summed E-state index contributed by atoms with van der Waals surface area (Å²) in [5.74, 6) is 0.556. The maximum atomic E-state index is 11.0. The van der Waals surface area contributed by atoms with Gasteiger partial charge in [0.25, 0.3) is 5.91 Å². The van der Waals surface area contributed by atoms with Gasteiger partial charge in [-0.1, -0.05) is 6.58 Å². The van der Waals surface area contributed by atoms with Crippen LogP contribution in [0.15, 0.2) is 22.4 Å². The summed E-state index contributed by atoms with van der Waals surface area (Å²) in [6.07, 6.45) is 1.17. The van der Waals surface area contributed by atoms with E-state index in [9.17, 15) is 4.79 Å². The number of hydrogen-bond acceptors (Lipinski definition) is 4. The molecule has 0 spiro atoms. The Morgan fingerprint density at radius 3 is 2.67 bits per heavy atom. The van der Waals surface area contributed by atoms with Crippen LogP contribution in [0.4, 0.5) is 0 Å². The second-order valence-electron chi connectivity index (χ2n) is 3.54. The minimum absolute atomic E-state index is 0.289. The van der Waals surface area contributed by atoms with E-state index >= 15 is 0 Å². The molecule has 0 aliphatic rings. The highest BCUT2D eigenvalue weighted by molar-refractivity contribution is 6.28. The van der Waals surface area contributed by atoms with E-state index in [0.29, 0.717) is 24.9 Å². The molecule has 0 atom stereocenters. The molecule has 18 heavy (non-hydrogen) atoms. The number of carbonyl (C=O) groups is 1. The lowest BCUT2D eigenvalue weighted by molar-refractivity contribution is -0.113. The van der Waals surface area contributed by atoms with Crippen LogP contribution in [0.25, 0.3) is 0 Å². The van der Waals surface area contributed by atoms with Crippen molar-refractivity contribution in [2.75, 3.05) is 41.4 Å². The average molecular weight is 255 g/mol. The first kappa shape index (κ1) is 16.1. The molecule has 0 rings (SSSR count). The van der Waals surface area contributed by atoms with Gasteiger partial charge >= 0.3 is 0 Å². The Hall–Kier alpha value is -1.89. The van der Waals surface area contributed by atoms with Crippen LogP contribution >= 0.6 is 0 Å². The second-order valence-corrected chi connectivity index (χ2v) is 3.54. The van der Waals surface area contributed by atoms with E-state index in [1.54, 1.807) is 26.1 Å². The van der Waals surface area contributed by atoms with E-state index in [4.69, 9.17) is 4.74 Å². The minimum Gasteiger partial charge on any atom is -0.383 e. The molecule has 7 heteroatoms. The van der Waals surface area contributed by atoms with E-state index in [1.807, 2.05) is 0 Å². The third-order valence-corrected chi connectivity index (χ3v) is 1.81. The molecule has 0 saturated carbocycles. The number of hydrogen-bond donors (Lipinski definition) is 2. The number of nitrogens with zero attached hydrogens (tertiary/aromatic N) is 3. The minimum atomic E-state index is -0.289. The maximum absolute atomic E-state index is 11.0. The summed E-state index contributed by atoms with van der Waals surface area (Å²) in [6, 6.07) is 0. The molecule has 0 bridgehead atoms. The van der Waals surface area contributed by atoms with Crippen molar-refractivity contribution in [1.29, 1.82) is 0 Å². The van der Waals surface area contributed by atoms with Gasteiger partial charge in [-0.05, 0) is 0 Å². The van der Waals surface area contributed by atoms with Gasteiger partial charge in [-0.15, -0.1) is 0 Å². The van der Waals surface area contributed by atoms with Gasteiger partial charge in [-0.25, -0.2) is 4.99 Å². The maximum Gasteiger partial charge on any atom is 0.262 e. The van der Waals surface area contributed by atoms with Crippen LogP contribution in [0.5, 0.6) is 0 Å². The largest absolute Gasteiger partial charge is 0.383 e. The number of methoxy groups -OCH3 is 1. The molecule has 7 nitrogen and oxygen atoms in total. The fourth-order valence-corrected chi connectivity index (χ4v) is 0.883. The van der Waals surface area contributed by atoms with Crippen molar-refractivity contribution in [2.45, 2.75) is 0 Å². The van der Waals surface area contributed by atoms with Gasteiger partial charge < -0.3 is 20.3 Å². The third kappa shape index (κ3) is 7.39. The van der Waals surface area contributed by atoms with Crippen molar-refractivity contribution in [2.24, 2.45) is 9.98 Å². The first-order valence-corrected chi connectivity index (χ1v) is 5.44. The van der Waals surface area contributed by atoms with E-state index in [0.717, 1.165) is 0 Å². The van der Waals surface area contributed by atoms with Crippen molar-refractivity contribution in [3.63, 3.8) is 0 Å². The lowest BCUT2D eigenvalue weighted by Gasteiger charge is -2.12. The fourth-order valence-electron chi connectivity index (χ4n) is 0.883. The molecule has 0 aromatic rings. The van der Waals surface area contributed by atoms with Crippen LogP contribution in [0, 0.1) is 0 Å². The highest BCUT2D eigenvalue weighted by atomic mass is 16.5. The van der Waals surface area contributed by atoms with Gasteiger partial charge in [-0.3, -0.25) is 4.79 Å². The molecule has 0 radical (unpaired) electrons. The molecule has 0 unspecified atom stereocenters. The summed E-state index contributed by atoms with van der Waals surface area (Å²) in [5.41, 5.74) is 0. The molecule has 0 aromatic heterocycles.